The highest BCUT2D eigenvalue weighted by atomic mass is 35.5. The number of nitrogens with zero attached hydrogens (tertiary/aromatic N) is 3. The van der Waals surface area contributed by atoms with E-state index in [9.17, 15) is 10.1 Å². The van der Waals surface area contributed by atoms with Gasteiger partial charge in [0.05, 0.1) is 10.7 Å². The molecule has 1 heterocycles. The molecule has 1 amide bonds. The number of benzene rings is 2. The minimum atomic E-state index is -0.365. The van der Waals surface area contributed by atoms with E-state index in [4.69, 9.17) is 27.9 Å². The summed E-state index contributed by atoms with van der Waals surface area (Å²) in [6.45, 7) is 0. The lowest BCUT2D eigenvalue weighted by atomic mass is 9.93. The fourth-order valence-corrected chi connectivity index (χ4v) is 5.17. The first-order valence-corrected chi connectivity index (χ1v) is 11.3. The Morgan fingerprint density at radius 3 is 2.50 bits per heavy atom. The van der Waals surface area contributed by atoms with Gasteiger partial charge in [0, 0.05) is 10.6 Å². The van der Waals surface area contributed by atoms with Crippen LogP contribution in [0, 0.1) is 17.2 Å². The first-order valence-electron chi connectivity index (χ1n) is 10.5. The molecule has 162 valence electrons. The van der Waals surface area contributed by atoms with Crippen LogP contribution in [0.25, 0.3) is 5.69 Å². The lowest BCUT2D eigenvalue weighted by molar-refractivity contribution is 0.0895. The van der Waals surface area contributed by atoms with Crippen molar-refractivity contribution in [1.82, 2.24) is 15.1 Å². The number of fused-ring (bicyclic) bond motifs is 2. The van der Waals surface area contributed by atoms with Crippen LogP contribution in [-0.4, -0.2) is 21.2 Å². The van der Waals surface area contributed by atoms with Crippen molar-refractivity contribution in [3.63, 3.8) is 0 Å². The summed E-state index contributed by atoms with van der Waals surface area (Å²) in [6.07, 6.45) is 5.17. The van der Waals surface area contributed by atoms with Crippen LogP contribution in [0.1, 0.15) is 48.2 Å². The van der Waals surface area contributed by atoms with Crippen LogP contribution in [0.5, 0.6) is 11.6 Å². The molecule has 32 heavy (non-hydrogen) atoms. The van der Waals surface area contributed by atoms with E-state index in [-0.39, 0.29) is 28.6 Å². The number of nitrogens with one attached hydrogen (secondary N) is 1. The topological polar surface area (TPSA) is 79.9 Å². The smallest absolute Gasteiger partial charge is 0.273 e. The number of nitriles is 1. The Morgan fingerprint density at radius 2 is 1.88 bits per heavy atom. The molecule has 1 N–H and O–H groups in total. The first-order chi connectivity index (χ1) is 15.5. The van der Waals surface area contributed by atoms with Crippen molar-refractivity contribution in [3.8, 4) is 23.4 Å². The average molecular weight is 467 g/mol. The summed E-state index contributed by atoms with van der Waals surface area (Å²) in [6, 6.07) is 15.9. The Bertz CT molecular complexity index is 1220. The van der Waals surface area contributed by atoms with Gasteiger partial charge in [0.1, 0.15) is 17.4 Å². The Labute approximate surface area is 195 Å². The quantitative estimate of drug-likeness (QED) is 0.506. The molecule has 2 saturated carbocycles. The van der Waals surface area contributed by atoms with Gasteiger partial charge in [0.15, 0.2) is 5.69 Å². The molecule has 0 radical (unpaired) electrons. The molecule has 0 saturated heterocycles. The Balaban J connectivity index is 1.58. The van der Waals surface area contributed by atoms with Crippen LogP contribution in [0.3, 0.4) is 0 Å². The van der Waals surface area contributed by atoms with Crippen molar-refractivity contribution in [1.29, 1.82) is 5.26 Å². The molecule has 0 spiro atoms. The van der Waals surface area contributed by atoms with Crippen molar-refractivity contribution < 1.29 is 9.53 Å². The molecule has 3 aromatic rings. The highest BCUT2D eigenvalue weighted by Gasteiger charge is 2.46. The summed E-state index contributed by atoms with van der Waals surface area (Å²) in [5.41, 5.74) is 0.399. The van der Waals surface area contributed by atoms with Gasteiger partial charge in [-0.05, 0) is 74.4 Å². The van der Waals surface area contributed by atoms with E-state index in [1.54, 1.807) is 48.5 Å². The minimum absolute atomic E-state index is 0.0288. The summed E-state index contributed by atoms with van der Waals surface area (Å²) in [5.74, 6) is 0.895. The maximum Gasteiger partial charge on any atom is 0.273 e. The molecule has 2 bridgehead atoms. The Hall–Kier alpha value is -3.01. The fourth-order valence-electron chi connectivity index (χ4n) is 4.82. The van der Waals surface area contributed by atoms with Gasteiger partial charge >= 0.3 is 0 Å². The second kappa shape index (κ2) is 8.16. The zero-order valence-electron chi connectivity index (χ0n) is 17.1. The molecule has 1 aromatic heterocycles. The van der Waals surface area contributed by atoms with Crippen molar-refractivity contribution in [2.24, 2.45) is 5.92 Å². The van der Waals surface area contributed by atoms with Crippen LogP contribution in [0.15, 0.2) is 48.5 Å². The van der Waals surface area contributed by atoms with Gasteiger partial charge in [-0.25, -0.2) is 0 Å². The molecule has 2 aliphatic carbocycles. The SMILES string of the molecule is N#Cc1c(C(=O)NC23CCC(CC2)C3)nn(-c2ccccc2Cl)c1Oc1ccc(Cl)cc1. The van der Waals surface area contributed by atoms with Gasteiger partial charge in [0.2, 0.25) is 5.88 Å². The zero-order valence-corrected chi connectivity index (χ0v) is 18.7. The van der Waals surface area contributed by atoms with E-state index in [2.05, 4.69) is 16.5 Å². The minimum Gasteiger partial charge on any atom is -0.438 e. The maximum absolute atomic E-state index is 13.3. The number of hydrogen-bond donors (Lipinski definition) is 1. The largest absolute Gasteiger partial charge is 0.438 e. The van der Waals surface area contributed by atoms with Gasteiger partial charge in [-0.1, -0.05) is 35.3 Å². The number of rotatable bonds is 5. The van der Waals surface area contributed by atoms with Gasteiger partial charge in [-0.15, -0.1) is 0 Å². The fraction of sp³-hybridized carbons (Fsp3) is 0.292. The second-order valence-electron chi connectivity index (χ2n) is 8.44. The van der Waals surface area contributed by atoms with Crippen LogP contribution < -0.4 is 10.1 Å². The molecular formula is C24H20Cl2N4O2. The summed E-state index contributed by atoms with van der Waals surface area (Å²) < 4.78 is 7.45. The lowest BCUT2D eigenvalue weighted by Gasteiger charge is -2.27. The van der Waals surface area contributed by atoms with Gasteiger partial charge < -0.3 is 10.1 Å². The number of amides is 1. The van der Waals surface area contributed by atoms with Crippen LogP contribution >= 0.6 is 23.2 Å². The number of para-hydroxylation sites is 1. The van der Waals surface area contributed by atoms with Crippen molar-refractivity contribution in [3.05, 3.63) is 69.8 Å². The summed E-state index contributed by atoms with van der Waals surface area (Å²) in [4.78, 5) is 13.3. The van der Waals surface area contributed by atoms with Gasteiger partial charge in [-0.3, -0.25) is 4.79 Å². The third kappa shape index (κ3) is 3.72. The molecule has 5 rings (SSSR count). The molecule has 2 aromatic carbocycles. The van der Waals surface area contributed by atoms with Crippen molar-refractivity contribution in [2.45, 2.75) is 37.6 Å². The molecule has 0 unspecified atom stereocenters. The Morgan fingerprint density at radius 1 is 1.16 bits per heavy atom. The summed E-state index contributed by atoms with van der Waals surface area (Å²) in [5, 5.41) is 18.6. The number of ether oxygens (including phenoxy) is 1. The molecule has 2 aliphatic rings. The molecule has 2 fully saturated rings. The monoisotopic (exact) mass is 466 g/mol. The summed E-state index contributed by atoms with van der Waals surface area (Å²) in [7, 11) is 0. The standard InChI is InChI=1S/C24H20Cl2N4O2/c25-16-5-7-17(8-6-16)32-23-18(14-27)21(29-30(23)20-4-2-1-3-19(20)26)22(31)28-24-11-9-15(13-24)10-12-24/h1-8,15H,9-13H2,(H,28,31). The van der Waals surface area contributed by atoms with Crippen LogP contribution in [-0.2, 0) is 0 Å². The van der Waals surface area contributed by atoms with E-state index in [1.165, 1.54) is 4.68 Å². The molecule has 8 heteroatoms. The number of hydrogen-bond acceptors (Lipinski definition) is 4. The van der Waals surface area contributed by atoms with Crippen LogP contribution in [0.4, 0.5) is 0 Å². The summed E-state index contributed by atoms with van der Waals surface area (Å²) >= 11 is 12.4. The third-order valence-electron chi connectivity index (χ3n) is 6.40. The predicted octanol–water partition coefficient (Wildman–Crippen LogP) is 5.91. The van der Waals surface area contributed by atoms with E-state index in [0.717, 1.165) is 32.1 Å². The number of carbonyl (C=O) groups excluding carboxylic acids is 1. The number of carbonyl (C=O) groups is 1. The second-order valence-corrected chi connectivity index (χ2v) is 9.29. The van der Waals surface area contributed by atoms with E-state index in [0.29, 0.717) is 27.4 Å². The Kier molecular flexibility index (Phi) is 5.32. The van der Waals surface area contributed by atoms with E-state index in [1.807, 2.05) is 0 Å². The van der Waals surface area contributed by atoms with E-state index >= 15 is 0 Å². The van der Waals surface area contributed by atoms with Crippen molar-refractivity contribution >= 4 is 29.1 Å². The molecule has 0 aliphatic heterocycles. The molecule has 6 nitrogen and oxygen atoms in total. The third-order valence-corrected chi connectivity index (χ3v) is 6.97. The lowest BCUT2D eigenvalue weighted by Crippen LogP contribution is -2.45. The number of aromatic nitrogens is 2. The highest BCUT2D eigenvalue weighted by Crippen LogP contribution is 2.47. The van der Waals surface area contributed by atoms with Gasteiger partial charge in [0.25, 0.3) is 5.91 Å². The van der Waals surface area contributed by atoms with Crippen molar-refractivity contribution in [2.75, 3.05) is 0 Å². The predicted molar refractivity (Wildman–Crippen MR) is 122 cm³/mol. The molecular weight excluding hydrogens is 447 g/mol. The number of halogens is 2. The average Bonchev–Trinajstić information content (AvgIpc) is 3.48. The first kappa shape index (κ1) is 20.9. The highest BCUT2D eigenvalue weighted by molar-refractivity contribution is 6.32. The van der Waals surface area contributed by atoms with E-state index < -0.39 is 0 Å². The van der Waals surface area contributed by atoms with Gasteiger partial charge in [-0.2, -0.15) is 15.0 Å². The van der Waals surface area contributed by atoms with Crippen LogP contribution in [0.2, 0.25) is 10.0 Å². The zero-order chi connectivity index (χ0) is 22.3. The maximum atomic E-state index is 13.3. The normalized spacial score (nSPS) is 21.3. The molecule has 0 atom stereocenters.